The quantitative estimate of drug-likeness (QED) is 0.0457. The van der Waals surface area contributed by atoms with Crippen LogP contribution in [0.5, 0.6) is 5.75 Å². The van der Waals surface area contributed by atoms with E-state index in [0.29, 0.717) is 16.8 Å². The highest BCUT2D eigenvalue weighted by molar-refractivity contribution is 7.14. The van der Waals surface area contributed by atoms with Crippen LogP contribution in [0.2, 0.25) is 0 Å². The molecule has 6 amide bonds. The molecule has 14 rings (SSSR count). The number of aromatic hydroxyl groups is 1. The number of methoxy groups -OCH3 is 1. The molecule has 107 heavy (non-hydrogen) atoms. The van der Waals surface area contributed by atoms with Crippen LogP contribution in [0.25, 0.3) is 49.3 Å². The van der Waals surface area contributed by atoms with Crippen molar-refractivity contribution in [1.29, 1.82) is 0 Å². The lowest BCUT2D eigenvalue weighted by atomic mass is 9.86. The minimum atomic E-state index is -1.85. The summed E-state index contributed by atoms with van der Waals surface area (Å²) in [5, 5.41) is 56.6. The number of nitrogens with one attached hydrogen (secondary N) is 5. The van der Waals surface area contributed by atoms with Crippen molar-refractivity contribution < 1.29 is 86.9 Å². The minimum Gasteiger partial charge on any atom is -0.506 e. The molecular weight excluding hydrogens is 1490 g/mol. The van der Waals surface area contributed by atoms with Gasteiger partial charge < -0.3 is 80.9 Å². The number of thiazole rings is 5. The number of nitrogens with two attached hydrogens (primary N) is 1. The number of fused-ring (bicyclic) bond motifs is 16. The van der Waals surface area contributed by atoms with Gasteiger partial charge in [-0.25, -0.2) is 39.5 Å². The van der Waals surface area contributed by atoms with E-state index in [9.17, 15) is 34.6 Å². The molecule has 558 valence electrons. The molecule has 1 aromatic carbocycles. The van der Waals surface area contributed by atoms with Crippen LogP contribution in [0.15, 0.2) is 81.5 Å². The van der Waals surface area contributed by atoms with Gasteiger partial charge in [-0.3, -0.25) is 43.6 Å². The first-order valence-corrected chi connectivity index (χ1v) is 37.5. The lowest BCUT2D eigenvalue weighted by Crippen LogP contribution is -2.58. The van der Waals surface area contributed by atoms with Crippen LogP contribution in [-0.2, 0) is 67.3 Å². The number of amides is 6. The van der Waals surface area contributed by atoms with Crippen molar-refractivity contribution in [2.24, 2.45) is 5.73 Å². The Morgan fingerprint density at radius 3 is 2.33 bits per heavy atom. The molecule has 5 aliphatic heterocycles. The summed E-state index contributed by atoms with van der Waals surface area (Å²) in [6.45, 7) is 5.42. The number of benzene rings is 1. The van der Waals surface area contributed by atoms with Crippen LogP contribution < -0.4 is 32.3 Å². The van der Waals surface area contributed by atoms with E-state index < -0.39 is 139 Å². The Morgan fingerprint density at radius 1 is 0.860 bits per heavy atom. The maximum absolute atomic E-state index is 15.3. The molecule has 8 aromatic heterocycles. The molecule has 12 bridgehead atoms. The van der Waals surface area contributed by atoms with Gasteiger partial charge in [0.2, 0.25) is 11.8 Å². The molecule has 2 saturated heterocycles. The highest BCUT2D eigenvalue weighted by Crippen LogP contribution is 2.44. The van der Waals surface area contributed by atoms with E-state index in [0.717, 1.165) is 62.2 Å². The average Bonchev–Trinajstić information content (AvgIpc) is 1.64. The van der Waals surface area contributed by atoms with Crippen LogP contribution in [0.3, 0.4) is 0 Å². The Bertz CT molecular complexity index is 5040. The predicted octanol–water partition coefficient (Wildman–Crippen LogP) is 4.64. The van der Waals surface area contributed by atoms with Crippen LogP contribution in [-0.4, -0.2) is 208 Å². The van der Waals surface area contributed by atoms with Gasteiger partial charge in [-0.15, -0.1) is 56.7 Å². The third-order valence-electron chi connectivity index (χ3n) is 18.6. The van der Waals surface area contributed by atoms with E-state index in [1.165, 1.54) is 60.0 Å². The summed E-state index contributed by atoms with van der Waals surface area (Å²) < 4.78 is 45.1. The zero-order valence-electron chi connectivity index (χ0n) is 57.8. The smallest absolute Gasteiger partial charge is 0.358 e. The number of carbonyl (C=O) groups excluding carboxylic acids is 8. The summed E-state index contributed by atoms with van der Waals surface area (Å²) in [6.07, 6.45) is -3.50. The molecule has 11 atom stereocenters. The van der Waals surface area contributed by atoms with Gasteiger partial charge in [0.1, 0.15) is 126 Å². The number of hydrogen-bond acceptors (Lipinski definition) is 32. The first kappa shape index (κ1) is 73.7. The van der Waals surface area contributed by atoms with Crippen LogP contribution in [0.1, 0.15) is 130 Å². The van der Waals surface area contributed by atoms with Crippen LogP contribution in [0.4, 0.5) is 0 Å². The lowest BCUT2D eigenvalue weighted by molar-refractivity contribution is -0.268. The number of primary amides is 1. The van der Waals surface area contributed by atoms with Gasteiger partial charge in [-0.2, -0.15) is 4.73 Å². The number of aliphatic hydroxyl groups excluding tert-OH is 1. The number of pyridine rings is 2. The van der Waals surface area contributed by atoms with E-state index in [-0.39, 0.29) is 124 Å². The SMILES string of the molecule is CO/C(C)=C1/NC(=O)C(C(C)O)NC(=O)c2csc(n2)-c2cc(O)c(-c3nc(C(=O)NC(CN(C)Cc4cccnc4)C(N)=O)cs3)nc2-c2csc(n2)C2COC(=O)c3c4c5c(cccc5n3O)COC(=O)C(OC3CC5(C)OCN(C)C5C(C)O3)C(OC4)C(NC(=O)c3csc1n3)c1nc(cs1)C(=O)N2. The van der Waals surface area contributed by atoms with Crippen molar-refractivity contribution in [3.8, 4) is 38.4 Å². The standard InChI is InChI=1S/C68H68N16O18S5/c1-28(85)46-60(92)80-47(29(2)96-7)63-75-41(26-105-63)59(91)81-50-52-53(102-44-15-68(4)54(30(3)101-44)83(6)27-100-68)67(94)98-19-32-11-8-12-42-45(32)34(20-97-52)51(84(42)95)66(93)99-21-36(72-57(89)39-25-107-65(50)77-39)62-73-37(22-104-62)48-33(61-74-40(23-103-61)58(90)79-46)14-43(86)49(78-48)64-76-38(24-106-64)56(88)71-35(55(69)87)18-82(5)17-31-10-9-13-70-16-31/h8-14,16,22-26,28,30,35-36,44,46,50,52-54,85-86,95H,15,17-21,27H2,1-7H3,(H2,69,87)(H,71,88)(H,72,89)(H,79,90)(H,80,92)(H,81,91)/b47-29+. The van der Waals surface area contributed by atoms with E-state index in [1.807, 2.05) is 31.9 Å². The van der Waals surface area contributed by atoms with E-state index in [1.54, 1.807) is 42.5 Å². The summed E-state index contributed by atoms with van der Waals surface area (Å²) in [5.41, 5.74) is 4.67. The summed E-state index contributed by atoms with van der Waals surface area (Å²) in [5.74, 6) is -7.85. The Kier molecular flexibility index (Phi) is 20.8. The number of cyclic esters (lactones) is 2. The monoisotopic (exact) mass is 1560 g/mol. The molecule has 0 aliphatic carbocycles. The number of likely N-dealkylation sites (N-methyl/N-ethyl adjacent to an activating group) is 2. The third kappa shape index (κ3) is 14.8. The average molecular weight is 1560 g/mol. The second-order valence-electron chi connectivity index (χ2n) is 26.0. The summed E-state index contributed by atoms with van der Waals surface area (Å²) in [4.78, 5) is 153. The molecule has 13 heterocycles. The molecule has 11 unspecified atom stereocenters. The highest BCUT2D eigenvalue weighted by Gasteiger charge is 2.54. The van der Waals surface area contributed by atoms with Gasteiger partial charge in [0, 0.05) is 75.3 Å². The number of esters is 2. The maximum atomic E-state index is 15.3. The Balaban J connectivity index is 0.898. The molecule has 34 nitrogen and oxygen atoms in total. The molecule has 0 radical (unpaired) electrons. The molecular formula is C68H68N16O18S5. The highest BCUT2D eigenvalue weighted by atomic mass is 32.1. The number of aliphatic hydroxyl groups is 1. The molecule has 39 heteroatoms. The van der Waals surface area contributed by atoms with Crippen molar-refractivity contribution in [3.05, 3.63) is 142 Å². The van der Waals surface area contributed by atoms with Gasteiger partial charge >= 0.3 is 11.9 Å². The number of aromatic nitrogens is 8. The second-order valence-corrected chi connectivity index (χ2v) is 30.4. The summed E-state index contributed by atoms with van der Waals surface area (Å²) in [7, 11) is 4.95. The van der Waals surface area contributed by atoms with Crippen molar-refractivity contribution in [3.63, 3.8) is 0 Å². The molecule has 5 aliphatic rings. The van der Waals surface area contributed by atoms with E-state index in [4.69, 9.17) is 53.8 Å². The normalized spacial score (nSPS) is 24.0. The zero-order chi connectivity index (χ0) is 75.4. The minimum absolute atomic E-state index is 0.00332. The predicted molar refractivity (Wildman–Crippen MR) is 383 cm³/mol. The first-order chi connectivity index (χ1) is 51.3. The molecule has 10 N–H and O–H groups in total. The van der Waals surface area contributed by atoms with Gasteiger partial charge in [0.05, 0.1) is 49.8 Å². The number of nitrogens with zero attached hydrogens (tertiary/aromatic N) is 10. The zero-order valence-corrected chi connectivity index (χ0v) is 61.9. The fourth-order valence-electron chi connectivity index (χ4n) is 13.4. The third-order valence-corrected chi connectivity index (χ3v) is 23.0. The van der Waals surface area contributed by atoms with Crippen molar-refractivity contribution in [1.82, 2.24) is 76.0 Å². The first-order valence-electron chi connectivity index (χ1n) is 33.1. The number of carbonyl (C=O) groups is 8. The Hall–Kier alpha value is -10.2. The van der Waals surface area contributed by atoms with Crippen molar-refractivity contribution >= 4 is 121 Å². The number of hydrogen-bond donors (Lipinski definition) is 9. The molecule has 2 fully saturated rings. The van der Waals surface area contributed by atoms with Crippen molar-refractivity contribution in [2.45, 2.75) is 120 Å². The fraction of sp³-hybridized carbons (Fsp3) is 0.368. The number of ether oxygens (including phenoxy) is 7. The summed E-state index contributed by atoms with van der Waals surface area (Å²) in [6, 6.07) is 3.55. The topological polar surface area (TPSA) is 450 Å². The Morgan fingerprint density at radius 2 is 1.57 bits per heavy atom. The van der Waals surface area contributed by atoms with Gasteiger partial charge in [0.25, 0.3) is 23.6 Å². The summed E-state index contributed by atoms with van der Waals surface area (Å²) >= 11 is 4.57. The molecule has 9 aromatic rings. The fourth-order valence-corrected chi connectivity index (χ4v) is 17.6. The largest absolute Gasteiger partial charge is 0.506 e. The number of rotatable bonds is 12. The molecule has 0 saturated carbocycles. The second kappa shape index (κ2) is 30.2. The van der Waals surface area contributed by atoms with Crippen molar-refractivity contribution in [2.75, 3.05) is 41.1 Å². The lowest BCUT2D eigenvalue weighted by Gasteiger charge is -2.45. The number of allylic oxidation sites excluding steroid dienone is 1. The van der Waals surface area contributed by atoms with Crippen LogP contribution in [0, 0.1) is 0 Å². The van der Waals surface area contributed by atoms with Gasteiger partial charge in [-0.05, 0) is 71.1 Å². The maximum Gasteiger partial charge on any atom is 0.358 e. The van der Waals surface area contributed by atoms with E-state index in [2.05, 4.69) is 46.5 Å². The van der Waals surface area contributed by atoms with Gasteiger partial charge in [-0.1, -0.05) is 18.2 Å². The molecule has 0 spiro atoms. The van der Waals surface area contributed by atoms with Gasteiger partial charge in [0.15, 0.2) is 18.1 Å². The Labute approximate surface area is 627 Å². The van der Waals surface area contributed by atoms with E-state index >= 15 is 19.2 Å². The van der Waals surface area contributed by atoms with Crippen LogP contribution >= 0.6 is 56.7 Å².